The lowest BCUT2D eigenvalue weighted by molar-refractivity contribution is -0.162. The van der Waals surface area contributed by atoms with Crippen LogP contribution in [-0.2, 0) is 51.7 Å². The number of rotatable bonds is 46. The van der Waals surface area contributed by atoms with Gasteiger partial charge < -0.3 is 34.5 Å². The Morgan fingerprint density at radius 1 is 0.476 bits per heavy atom. The van der Waals surface area contributed by atoms with Crippen molar-refractivity contribution in [2.24, 2.45) is 11.8 Å². The summed E-state index contributed by atoms with van der Waals surface area (Å²) in [5, 5.41) is 6.44. The minimum absolute atomic E-state index is 0.0553. The van der Waals surface area contributed by atoms with Crippen molar-refractivity contribution in [2.45, 2.75) is 219 Å². The largest absolute Gasteiger partial charge is 0.472 e. The predicted octanol–water partition coefficient (Wildman–Crippen LogP) is 10.2. The Labute approximate surface area is 381 Å². The second-order valence-electron chi connectivity index (χ2n) is 18.0. The molecule has 0 radical (unpaired) electrons. The fraction of sp³-hybridized carbons (Fsp3) is 0.917. The molecule has 0 aliphatic heterocycles. The van der Waals surface area contributed by atoms with E-state index in [9.17, 15) is 28.6 Å². The summed E-state index contributed by atoms with van der Waals surface area (Å²) in [7, 11) is -4.81. The average Bonchev–Trinajstić information content (AvgIpc) is 4.21. The normalized spacial score (nSPS) is 15.7. The fourth-order valence-electron chi connectivity index (χ4n) is 7.13. The van der Waals surface area contributed by atoms with Gasteiger partial charge in [-0.1, -0.05) is 142 Å². The number of unbranched alkanes of at least 4 members (excludes halogenated alkanes) is 20. The molecule has 0 aromatic rings. The van der Waals surface area contributed by atoms with Gasteiger partial charge in [0.1, 0.15) is 13.2 Å². The highest BCUT2D eigenvalue weighted by Crippen LogP contribution is 2.43. The molecule has 2 aliphatic carbocycles. The van der Waals surface area contributed by atoms with Crippen LogP contribution in [-0.4, -0.2) is 93.6 Å². The Morgan fingerprint density at radius 3 is 1.17 bits per heavy atom. The molecule has 3 unspecified atom stereocenters. The van der Waals surface area contributed by atoms with E-state index in [4.69, 9.17) is 28.0 Å². The van der Waals surface area contributed by atoms with Gasteiger partial charge in [-0.05, 0) is 63.5 Å². The van der Waals surface area contributed by atoms with Gasteiger partial charge in [-0.25, -0.2) is 4.57 Å². The van der Waals surface area contributed by atoms with E-state index in [1.807, 2.05) is 0 Å². The highest BCUT2D eigenvalue weighted by molar-refractivity contribution is 7.47. The summed E-state index contributed by atoms with van der Waals surface area (Å²) in [6.07, 6.45) is 28.2. The first-order valence-corrected chi connectivity index (χ1v) is 26.8. The van der Waals surface area contributed by atoms with E-state index >= 15 is 0 Å². The summed E-state index contributed by atoms with van der Waals surface area (Å²) in [4.78, 5) is 61.3. The zero-order chi connectivity index (χ0) is 45.6. The average molecular weight is 917 g/mol. The number of esters is 4. The molecule has 2 fully saturated rings. The molecule has 0 bridgehead atoms. The van der Waals surface area contributed by atoms with Crippen LogP contribution in [0.4, 0.5) is 0 Å². The Bertz CT molecular complexity index is 1230. The molecule has 0 saturated heterocycles. The third-order valence-corrected chi connectivity index (χ3v) is 12.5. The van der Waals surface area contributed by atoms with Crippen molar-refractivity contribution >= 4 is 31.7 Å². The number of hydrogen-bond donors (Lipinski definition) is 3. The van der Waals surface area contributed by atoms with Crippen LogP contribution in [0.15, 0.2) is 0 Å². The lowest BCUT2D eigenvalue weighted by Gasteiger charge is -2.22. The van der Waals surface area contributed by atoms with Gasteiger partial charge in [0.05, 0.1) is 26.1 Å². The van der Waals surface area contributed by atoms with Crippen molar-refractivity contribution in [1.29, 1.82) is 0 Å². The zero-order valence-electron chi connectivity index (χ0n) is 39.6. The molecule has 2 rings (SSSR count). The SMILES string of the molecule is CCCCCCCCCCCCCC(=O)OCC(COP(=O)(O)OCC(COC(=O)CCNCC1CC1)OC(=O)CCNCC1CC1)OC(=O)CCCCCCCCCCCCC. The Morgan fingerprint density at radius 2 is 0.794 bits per heavy atom. The standard InChI is InChI=1S/C48H89N2O12P/c1-3-5-7-9-11-13-15-17-19-21-23-25-45(51)57-37-43(61-47(53)26-24-22-20-18-16-14-12-10-8-6-4-2)39-59-63(55,56)60-40-44(62-48(54)32-34-50-36-42-29-30-42)38-58-46(52)31-33-49-35-41-27-28-41/h41-44,49-50H,3-40H2,1-2H3,(H,55,56). The van der Waals surface area contributed by atoms with Gasteiger partial charge in [0.15, 0.2) is 12.2 Å². The second-order valence-corrected chi connectivity index (χ2v) is 19.5. The molecule has 0 aromatic heterocycles. The highest BCUT2D eigenvalue weighted by atomic mass is 31.2. The van der Waals surface area contributed by atoms with Crippen LogP contribution in [0, 0.1) is 11.8 Å². The summed E-state index contributed by atoms with van der Waals surface area (Å²) < 4.78 is 45.4. The lowest BCUT2D eigenvalue weighted by Crippen LogP contribution is -2.32. The number of carbonyl (C=O) groups is 4. The molecule has 0 aromatic carbocycles. The van der Waals surface area contributed by atoms with Crippen LogP contribution in [0.1, 0.15) is 206 Å². The predicted molar refractivity (Wildman–Crippen MR) is 246 cm³/mol. The van der Waals surface area contributed by atoms with Crippen molar-refractivity contribution in [3.05, 3.63) is 0 Å². The first-order valence-electron chi connectivity index (χ1n) is 25.3. The van der Waals surface area contributed by atoms with E-state index in [1.165, 1.54) is 116 Å². The van der Waals surface area contributed by atoms with Crippen molar-refractivity contribution < 1.29 is 56.6 Å². The first kappa shape index (κ1) is 57.0. The topological polar surface area (TPSA) is 185 Å². The molecule has 2 saturated carbocycles. The molecule has 368 valence electrons. The molecular formula is C48H89N2O12P. The number of carbonyl (C=O) groups excluding carboxylic acids is 4. The van der Waals surface area contributed by atoms with Gasteiger partial charge in [-0.3, -0.25) is 28.2 Å². The smallest absolute Gasteiger partial charge is 0.462 e. The first-order chi connectivity index (χ1) is 30.6. The Hall–Kier alpha value is -2.09. The third kappa shape index (κ3) is 36.8. The molecule has 14 nitrogen and oxygen atoms in total. The zero-order valence-corrected chi connectivity index (χ0v) is 40.5. The summed E-state index contributed by atoms with van der Waals surface area (Å²) in [6, 6.07) is 0. The van der Waals surface area contributed by atoms with E-state index in [0.717, 1.165) is 51.6 Å². The number of hydrogen-bond acceptors (Lipinski definition) is 13. The third-order valence-electron chi connectivity index (χ3n) is 11.5. The Kier molecular flexibility index (Phi) is 34.5. The maximum atomic E-state index is 13.1. The van der Waals surface area contributed by atoms with Gasteiger partial charge in [-0.2, -0.15) is 0 Å². The quantitative estimate of drug-likeness (QED) is 0.0227. The van der Waals surface area contributed by atoms with Crippen LogP contribution in [0.3, 0.4) is 0 Å². The van der Waals surface area contributed by atoms with Gasteiger partial charge in [0.25, 0.3) is 0 Å². The summed E-state index contributed by atoms with van der Waals surface area (Å²) in [5.41, 5.74) is 0. The molecule has 63 heavy (non-hydrogen) atoms. The van der Waals surface area contributed by atoms with Crippen LogP contribution < -0.4 is 10.6 Å². The van der Waals surface area contributed by atoms with Gasteiger partial charge in [0, 0.05) is 25.9 Å². The van der Waals surface area contributed by atoms with Gasteiger partial charge >= 0.3 is 31.7 Å². The summed E-state index contributed by atoms with van der Waals surface area (Å²) in [6.45, 7) is 5.07. The van der Waals surface area contributed by atoms with Crippen LogP contribution in [0.5, 0.6) is 0 Å². The van der Waals surface area contributed by atoms with E-state index in [-0.39, 0.29) is 38.9 Å². The molecule has 3 atom stereocenters. The van der Waals surface area contributed by atoms with Crippen LogP contribution in [0.2, 0.25) is 0 Å². The summed E-state index contributed by atoms with van der Waals surface area (Å²) in [5.74, 6) is -0.744. The molecule has 0 spiro atoms. The maximum absolute atomic E-state index is 13.1. The van der Waals surface area contributed by atoms with E-state index in [0.29, 0.717) is 37.8 Å². The van der Waals surface area contributed by atoms with E-state index in [2.05, 4.69) is 24.5 Å². The molecule has 0 heterocycles. The van der Waals surface area contributed by atoms with Crippen molar-refractivity contribution in [3.63, 3.8) is 0 Å². The Balaban J connectivity index is 1.83. The van der Waals surface area contributed by atoms with Crippen molar-refractivity contribution in [2.75, 3.05) is 52.6 Å². The van der Waals surface area contributed by atoms with Gasteiger partial charge in [-0.15, -0.1) is 0 Å². The molecule has 15 heteroatoms. The second kappa shape index (κ2) is 38.1. The molecular weight excluding hydrogens is 828 g/mol. The lowest BCUT2D eigenvalue weighted by atomic mass is 10.1. The summed E-state index contributed by atoms with van der Waals surface area (Å²) >= 11 is 0. The van der Waals surface area contributed by atoms with Gasteiger partial charge in [0.2, 0.25) is 0 Å². The minimum atomic E-state index is -4.81. The maximum Gasteiger partial charge on any atom is 0.472 e. The van der Waals surface area contributed by atoms with E-state index < -0.39 is 57.1 Å². The van der Waals surface area contributed by atoms with Crippen molar-refractivity contribution in [1.82, 2.24) is 10.6 Å². The number of phosphoric acid groups is 1. The van der Waals surface area contributed by atoms with Crippen molar-refractivity contribution in [3.8, 4) is 0 Å². The molecule has 2 aliphatic rings. The number of phosphoric ester groups is 1. The molecule has 0 amide bonds. The van der Waals surface area contributed by atoms with Crippen LogP contribution >= 0.6 is 7.82 Å². The van der Waals surface area contributed by atoms with E-state index in [1.54, 1.807) is 0 Å². The minimum Gasteiger partial charge on any atom is -0.462 e. The molecule has 3 N–H and O–H groups in total. The number of nitrogens with one attached hydrogen (secondary N) is 2. The monoisotopic (exact) mass is 917 g/mol. The fourth-order valence-corrected chi connectivity index (χ4v) is 7.92. The van der Waals surface area contributed by atoms with Crippen LogP contribution in [0.25, 0.3) is 0 Å². The number of ether oxygens (including phenoxy) is 4. The highest BCUT2D eigenvalue weighted by Gasteiger charge is 2.29.